The Kier molecular flexibility index (Phi) is 4.84. The van der Waals surface area contributed by atoms with Crippen molar-refractivity contribution >= 4 is 17.3 Å². The fourth-order valence-electron chi connectivity index (χ4n) is 2.24. The lowest BCUT2D eigenvalue weighted by atomic mass is 10.2. The van der Waals surface area contributed by atoms with E-state index in [4.69, 9.17) is 0 Å². The van der Waals surface area contributed by atoms with Crippen molar-refractivity contribution < 1.29 is 0 Å². The van der Waals surface area contributed by atoms with Crippen LogP contribution in [0.3, 0.4) is 0 Å². The average Bonchev–Trinajstić information content (AvgIpc) is 2.61. The molecule has 0 fully saturated rings. The third kappa shape index (κ3) is 4.07. The highest BCUT2D eigenvalue weighted by atomic mass is 15.1. The molecule has 0 amide bonds. The summed E-state index contributed by atoms with van der Waals surface area (Å²) in [5, 5.41) is 6.68. The normalized spacial score (nSPS) is 10.3. The van der Waals surface area contributed by atoms with Crippen molar-refractivity contribution in [2.24, 2.45) is 0 Å². The van der Waals surface area contributed by atoms with E-state index < -0.39 is 0 Å². The second-order valence-corrected chi connectivity index (χ2v) is 5.25. The highest BCUT2D eigenvalue weighted by Crippen LogP contribution is 2.22. The maximum Gasteiger partial charge on any atom is 0.163 e. The molecule has 0 spiro atoms. The van der Waals surface area contributed by atoms with E-state index in [9.17, 15) is 0 Å². The number of para-hydroxylation sites is 1. The van der Waals surface area contributed by atoms with Gasteiger partial charge in [0.05, 0.1) is 0 Å². The molecule has 1 aromatic heterocycles. The minimum atomic E-state index is 0.713. The molecule has 0 saturated heterocycles. The molecule has 2 aromatic carbocycles. The van der Waals surface area contributed by atoms with Crippen LogP contribution in [0.25, 0.3) is 11.4 Å². The molecule has 3 rings (SSSR count). The number of rotatable bonds is 6. The summed E-state index contributed by atoms with van der Waals surface area (Å²) in [6, 6.07) is 22.0. The van der Waals surface area contributed by atoms with Crippen LogP contribution in [0.5, 0.6) is 0 Å². The Morgan fingerprint density at radius 3 is 2.17 bits per heavy atom. The molecule has 23 heavy (non-hydrogen) atoms. The lowest BCUT2D eigenvalue weighted by Crippen LogP contribution is -2.05. The first kappa shape index (κ1) is 15.0. The lowest BCUT2D eigenvalue weighted by Gasteiger charge is -2.11. The zero-order valence-electron chi connectivity index (χ0n) is 13.2. The molecule has 2 N–H and O–H groups in total. The van der Waals surface area contributed by atoms with E-state index in [2.05, 4.69) is 27.5 Å². The molecule has 0 aliphatic rings. The van der Waals surface area contributed by atoms with E-state index in [0.717, 1.165) is 35.9 Å². The number of hydrogen-bond donors (Lipinski definition) is 2. The largest absolute Gasteiger partial charge is 0.370 e. The van der Waals surface area contributed by atoms with Crippen molar-refractivity contribution in [1.29, 1.82) is 0 Å². The van der Waals surface area contributed by atoms with Gasteiger partial charge < -0.3 is 10.6 Å². The van der Waals surface area contributed by atoms with Crippen LogP contribution in [0.15, 0.2) is 66.7 Å². The lowest BCUT2D eigenvalue weighted by molar-refractivity contribution is 0.966. The number of benzene rings is 2. The van der Waals surface area contributed by atoms with E-state index in [1.165, 1.54) is 0 Å². The van der Waals surface area contributed by atoms with Gasteiger partial charge in [-0.3, -0.25) is 0 Å². The van der Waals surface area contributed by atoms with Crippen molar-refractivity contribution in [1.82, 2.24) is 9.97 Å². The molecule has 0 aliphatic carbocycles. The predicted octanol–water partition coefficient (Wildman–Crippen LogP) is 4.71. The molecule has 4 heteroatoms. The van der Waals surface area contributed by atoms with Crippen LogP contribution in [0.2, 0.25) is 0 Å². The van der Waals surface area contributed by atoms with Crippen LogP contribution in [-0.4, -0.2) is 16.5 Å². The Labute approximate surface area is 136 Å². The van der Waals surface area contributed by atoms with Crippen LogP contribution < -0.4 is 10.6 Å². The van der Waals surface area contributed by atoms with Gasteiger partial charge in [0.25, 0.3) is 0 Å². The molecular weight excluding hydrogens is 284 g/mol. The first-order valence-electron chi connectivity index (χ1n) is 7.85. The van der Waals surface area contributed by atoms with Crippen LogP contribution in [-0.2, 0) is 0 Å². The molecule has 3 aromatic rings. The second-order valence-electron chi connectivity index (χ2n) is 5.25. The van der Waals surface area contributed by atoms with Crippen LogP contribution in [0.1, 0.15) is 13.3 Å². The molecule has 1 heterocycles. The van der Waals surface area contributed by atoms with E-state index in [-0.39, 0.29) is 0 Å². The highest BCUT2D eigenvalue weighted by Gasteiger charge is 2.07. The van der Waals surface area contributed by atoms with Crippen molar-refractivity contribution in [3.63, 3.8) is 0 Å². The van der Waals surface area contributed by atoms with Gasteiger partial charge in [-0.25, -0.2) is 9.97 Å². The number of hydrogen-bond acceptors (Lipinski definition) is 4. The van der Waals surface area contributed by atoms with Crippen molar-refractivity contribution in [3.8, 4) is 11.4 Å². The van der Waals surface area contributed by atoms with Gasteiger partial charge in [0.1, 0.15) is 11.6 Å². The highest BCUT2D eigenvalue weighted by molar-refractivity contribution is 5.65. The Balaban J connectivity index is 1.94. The minimum absolute atomic E-state index is 0.713. The molecule has 0 radical (unpaired) electrons. The maximum absolute atomic E-state index is 4.64. The Morgan fingerprint density at radius 2 is 1.48 bits per heavy atom. The second kappa shape index (κ2) is 7.40. The Morgan fingerprint density at radius 1 is 0.826 bits per heavy atom. The van der Waals surface area contributed by atoms with Gasteiger partial charge in [0.2, 0.25) is 0 Å². The zero-order chi connectivity index (χ0) is 15.9. The first-order valence-corrected chi connectivity index (χ1v) is 7.85. The van der Waals surface area contributed by atoms with Gasteiger partial charge in [-0.15, -0.1) is 0 Å². The molecule has 116 valence electrons. The molecule has 0 saturated carbocycles. The summed E-state index contributed by atoms with van der Waals surface area (Å²) >= 11 is 0. The summed E-state index contributed by atoms with van der Waals surface area (Å²) in [4.78, 5) is 9.27. The first-order chi connectivity index (χ1) is 11.3. The Hall–Kier alpha value is -2.88. The van der Waals surface area contributed by atoms with Crippen LogP contribution in [0, 0.1) is 0 Å². The third-order valence-corrected chi connectivity index (χ3v) is 3.36. The van der Waals surface area contributed by atoms with E-state index in [1.54, 1.807) is 0 Å². The summed E-state index contributed by atoms with van der Waals surface area (Å²) in [6.07, 6.45) is 1.05. The average molecular weight is 304 g/mol. The molecular formula is C19H20N4. The fourth-order valence-corrected chi connectivity index (χ4v) is 2.24. The topological polar surface area (TPSA) is 49.8 Å². The molecule has 4 nitrogen and oxygen atoms in total. The smallest absolute Gasteiger partial charge is 0.163 e. The molecule has 0 aliphatic heterocycles. The monoisotopic (exact) mass is 304 g/mol. The van der Waals surface area contributed by atoms with Gasteiger partial charge in [0.15, 0.2) is 5.82 Å². The van der Waals surface area contributed by atoms with Gasteiger partial charge in [-0.1, -0.05) is 55.5 Å². The predicted molar refractivity (Wildman–Crippen MR) is 96.0 cm³/mol. The van der Waals surface area contributed by atoms with E-state index in [0.29, 0.717) is 5.82 Å². The summed E-state index contributed by atoms with van der Waals surface area (Å²) in [6.45, 7) is 3.02. The number of anilines is 3. The van der Waals surface area contributed by atoms with Gasteiger partial charge in [-0.05, 0) is 18.6 Å². The van der Waals surface area contributed by atoms with Gasteiger partial charge in [0, 0.05) is 23.9 Å². The SMILES string of the molecule is CCCNc1cc(Nc2ccccc2)nc(-c2ccccc2)n1. The zero-order valence-corrected chi connectivity index (χ0v) is 13.2. The number of nitrogens with one attached hydrogen (secondary N) is 2. The molecule has 0 atom stereocenters. The summed E-state index contributed by atoms with van der Waals surface area (Å²) in [5.41, 5.74) is 2.01. The minimum Gasteiger partial charge on any atom is -0.370 e. The summed E-state index contributed by atoms with van der Waals surface area (Å²) < 4.78 is 0. The Bertz CT molecular complexity index is 742. The van der Waals surface area contributed by atoms with E-state index in [1.807, 2.05) is 66.7 Å². The van der Waals surface area contributed by atoms with Crippen LogP contribution in [0.4, 0.5) is 17.3 Å². The van der Waals surface area contributed by atoms with Gasteiger partial charge >= 0.3 is 0 Å². The van der Waals surface area contributed by atoms with Gasteiger partial charge in [-0.2, -0.15) is 0 Å². The third-order valence-electron chi connectivity index (χ3n) is 3.36. The number of aromatic nitrogens is 2. The van der Waals surface area contributed by atoms with Crippen molar-refractivity contribution in [2.45, 2.75) is 13.3 Å². The van der Waals surface area contributed by atoms with Crippen molar-refractivity contribution in [3.05, 3.63) is 66.7 Å². The van der Waals surface area contributed by atoms with Crippen molar-refractivity contribution in [2.75, 3.05) is 17.2 Å². The number of nitrogens with zero attached hydrogens (tertiary/aromatic N) is 2. The fraction of sp³-hybridized carbons (Fsp3) is 0.158. The molecule has 0 bridgehead atoms. The molecule has 0 unspecified atom stereocenters. The standard InChI is InChI=1S/C19H20N4/c1-2-13-20-17-14-18(21-16-11-7-4-8-12-16)23-19(22-17)15-9-5-3-6-10-15/h3-12,14H,2,13H2,1H3,(H2,20,21,22,23). The summed E-state index contributed by atoms with van der Waals surface area (Å²) in [7, 11) is 0. The maximum atomic E-state index is 4.64. The quantitative estimate of drug-likeness (QED) is 0.692. The van der Waals surface area contributed by atoms with E-state index >= 15 is 0 Å². The summed E-state index contributed by atoms with van der Waals surface area (Å²) in [5.74, 6) is 2.33. The van der Waals surface area contributed by atoms with Crippen LogP contribution >= 0.6 is 0 Å².